The quantitative estimate of drug-likeness (QED) is 0.465. The first-order valence-electron chi connectivity index (χ1n) is 9.49. The number of carbonyl (C=O) groups is 2. The lowest BCUT2D eigenvalue weighted by molar-refractivity contribution is 0.0831. The normalized spacial score (nSPS) is 10.7. The molecule has 0 saturated carbocycles. The van der Waals surface area contributed by atoms with Crippen LogP contribution in [0, 0.1) is 0 Å². The Balaban J connectivity index is 1.47. The highest BCUT2D eigenvalue weighted by molar-refractivity contribution is 6.30. The van der Waals surface area contributed by atoms with Crippen LogP contribution in [-0.2, 0) is 6.54 Å². The number of halogens is 1. The topological polar surface area (TPSA) is 110 Å². The molecule has 2 aromatic heterocycles. The van der Waals surface area contributed by atoms with Gasteiger partial charge in [0.15, 0.2) is 11.2 Å². The van der Waals surface area contributed by atoms with Crippen LogP contribution in [0.5, 0.6) is 0 Å². The summed E-state index contributed by atoms with van der Waals surface area (Å²) < 4.78 is 6.80. The number of para-hydroxylation sites is 1. The van der Waals surface area contributed by atoms with Gasteiger partial charge in [-0.1, -0.05) is 35.9 Å². The van der Waals surface area contributed by atoms with E-state index in [1.807, 2.05) is 0 Å². The molecular weight excluding hydrogens is 434 g/mol. The molecule has 9 heteroatoms. The minimum Gasteiger partial charge on any atom is -0.451 e. The van der Waals surface area contributed by atoms with Crippen LogP contribution in [0.3, 0.4) is 0 Å². The Morgan fingerprint density at radius 2 is 1.62 bits per heavy atom. The van der Waals surface area contributed by atoms with E-state index in [9.17, 15) is 19.2 Å². The summed E-state index contributed by atoms with van der Waals surface area (Å²) >= 11 is 5.87. The second-order valence-corrected chi connectivity index (χ2v) is 7.33. The second kappa shape index (κ2) is 8.91. The first-order chi connectivity index (χ1) is 15.4. The molecule has 0 aliphatic carbocycles. The molecule has 0 fully saturated rings. The number of pyridine rings is 1. The fourth-order valence-corrected chi connectivity index (χ4v) is 3.16. The summed E-state index contributed by atoms with van der Waals surface area (Å²) in [6.07, 6.45) is 1.38. The molecule has 4 rings (SSSR count). The summed E-state index contributed by atoms with van der Waals surface area (Å²) in [6.45, 7) is 0.242. The zero-order valence-corrected chi connectivity index (χ0v) is 17.3. The van der Waals surface area contributed by atoms with Crippen molar-refractivity contribution in [3.63, 3.8) is 0 Å². The van der Waals surface area contributed by atoms with E-state index >= 15 is 0 Å². The van der Waals surface area contributed by atoms with Crippen molar-refractivity contribution in [2.24, 2.45) is 0 Å². The Kier molecular flexibility index (Phi) is 5.87. The van der Waals surface area contributed by atoms with Gasteiger partial charge in [0.2, 0.25) is 0 Å². The maximum absolute atomic E-state index is 12.5. The Morgan fingerprint density at radius 3 is 2.41 bits per heavy atom. The Bertz CT molecular complexity index is 1440. The monoisotopic (exact) mass is 449 g/mol. The van der Waals surface area contributed by atoms with Crippen molar-refractivity contribution in [1.29, 1.82) is 0 Å². The molecule has 2 aromatic carbocycles. The molecule has 0 radical (unpaired) electrons. The van der Waals surface area contributed by atoms with Crippen molar-refractivity contribution in [3.8, 4) is 0 Å². The molecule has 32 heavy (non-hydrogen) atoms. The number of rotatable bonds is 4. The molecular formula is C23H16ClN3O5. The Hall–Kier alpha value is -4.17. The maximum Gasteiger partial charge on any atom is 0.305 e. The minimum atomic E-state index is -0.796. The van der Waals surface area contributed by atoms with E-state index < -0.39 is 11.8 Å². The third-order valence-electron chi connectivity index (χ3n) is 4.66. The number of nitrogens with one attached hydrogen (secondary N) is 2. The summed E-state index contributed by atoms with van der Waals surface area (Å²) in [6, 6.07) is 17.1. The molecule has 160 valence electrons. The Morgan fingerprint density at radius 1 is 0.906 bits per heavy atom. The summed E-state index contributed by atoms with van der Waals surface area (Å²) in [5.74, 6) is -1.69. The molecule has 0 aliphatic heterocycles. The molecule has 8 nitrogen and oxygen atoms in total. The Labute approximate surface area is 186 Å². The maximum atomic E-state index is 12.5. The first kappa shape index (κ1) is 21.1. The van der Waals surface area contributed by atoms with Crippen molar-refractivity contribution >= 4 is 34.4 Å². The summed E-state index contributed by atoms with van der Waals surface area (Å²) in [7, 11) is 0. The highest BCUT2D eigenvalue weighted by atomic mass is 35.5. The van der Waals surface area contributed by atoms with Crippen molar-refractivity contribution in [1.82, 2.24) is 15.4 Å². The SMILES string of the molecule is O=C(NNC(=O)c1cc(=O)c2ccccc2o1)c1ccc(=O)n(Cc2ccc(Cl)cc2)c1. The van der Waals surface area contributed by atoms with Crippen LogP contribution in [0.25, 0.3) is 11.0 Å². The van der Waals surface area contributed by atoms with Crippen molar-refractivity contribution in [2.45, 2.75) is 6.54 Å². The van der Waals surface area contributed by atoms with Crippen molar-refractivity contribution in [3.05, 3.63) is 115 Å². The minimum absolute atomic E-state index is 0.152. The molecule has 0 unspecified atom stereocenters. The highest BCUT2D eigenvalue weighted by Gasteiger charge is 2.14. The van der Waals surface area contributed by atoms with Gasteiger partial charge in [0.1, 0.15) is 5.58 Å². The van der Waals surface area contributed by atoms with E-state index in [0.29, 0.717) is 10.4 Å². The van der Waals surface area contributed by atoms with Gasteiger partial charge in [0.05, 0.1) is 17.5 Å². The highest BCUT2D eigenvalue weighted by Crippen LogP contribution is 2.12. The van der Waals surface area contributed by atoms with Gasteiger partial charge >= 0.3 is 5.91 Å². The van der Waals surface area contributed by atoms with E-state index in [2.05, 4.69) is 10.9 Å². The number of carbonyl (C=O) groups excluding carboxylic acids is 2. The van der Waals surface area contributed by atoms with Crippen LogP contribution >= 0.6 is 11.6 Å². The summed E-state index contributed by atoms with van der Waals surface area (Å²) in [4.78, 5) is 49.1. The fraction of sp³-hybridized carbons (Fsp3) is 0.0435. The number of hydrogen-bond donors (Lipinski definition) is 2. The van der Waals surface area contributed by atoms with E-state index in [0.717, 1.165) is 11.6 Å². The number of hydrazine groups is 1. The lowest BCUT2D eigenvalue weighted by Gasteiger charge is -2.10. The number of aromatic nitrogens is 1. The van der Waals surface area contributed by atoms with Crippen LogP contribution in [0.2, 0.25) is 5.02 Å². The van der Waals surface area contributed by atoms with Gasteiger partial charge in [0.25, 0.3) is 11.5 Å². The van der Waals surface area contributed by atoms with Gasteiger partial charge in [0, 0.05) is 23.4 Å². The van der Waals surface area contributed by atoms with E-state index in [4.69, 9.17) is 16.0 Å². The van der Waals surface area contributed by atoms with E-state index in [-0.39, 0.29) is 34.4 Å². The van der Waals surface area contributed by atoms with Gasteiger partial charge in [-0.3, -0.25) is 30.0 Å². The fourth-order valence-electron chi connectivity index (χ4n) is 3.04. The van der Waals surface area contributed by atoms with Crippen LogP contribution in [0.4, 0.5) is 0 Å². The molecule has 0 aliphatic rings. The number of amides is 2. The molecule has 0 saturated heterocycles. The van der Waals surface area contributed by atoms with Crippen molar-refractivity contribution in [2.75, 3.05) is 0 Å². The predicted molar refractivity (Wildman–Crippen MR) is 119 cm³/mol. The number of nitrogens with zero attached hydrogens (tertiary/aromatic N) is 1. The lowest BCUT2D eigenvalue weighted by Crippen LogP contribution is -2.42. The summed E-state index contributed by atoms with van der Waals surface area (Å²) in [5.41, 5.74) is 5.02. The molecule has 2 heterocycles. The third kappa shape index (κ3) is 4.60. The van der Waals surface area contributed by atoms with Gasteiger partial charge < -0.3 is 8.98 Å². The van der Waals surface area contributed by atoms with Crippen molar-refractivity contribution < 1.29 is 14.0 Å². The average Bonchev–Trinajstić information content (AvgIpc) is 2.80. The molecule has 0 atom stereocenters. The van der Waals surface area contributed by atoms with Gasteiger partial charge in [-0.05, 0) is 35.9 Å². The lowest BCUT2D eigenvalue weighted by atomic mass is 10.2. The second-order valence-electron chi connectivity index (χ2n) is 6.89. The van der Waals surface area contributed by atoms with Crippen LogP contribution < -0.4 is 21.8 Å². The predicted octanol–water partition coefficient (Wildman–Crippen LogP) is 2.73. The smallest absolute Gasteiger partial charge is 0.305 e. The molecule has 0 bridgehead atoms. The number of benzene rings is 2. The van der Waals surface area contributed by atoms with E-state index in [1.54, 1.807) is 48.5 Å². The molecule has 4 aromatic rings. The zero-order valence-electron chi connectivity index (χ0n) is 16.5. The molecule has 0 spiro atoms. The average molecular weight is 450 g/mol. The number of fused-ring (bicyclic) bond motifs is 1. The number of hydrogen-bond acceptors (Lipinski definition) is 5. The van der Waals surface area contributed by atoms with E-state index in [1.165, 1.54) is 22.9 Å². The molecule has 2 amide bonds. The standard InChI is InChI=1S/C23H16ClN3O5/c24-16-8-5-14(6-9-16)12-27-13-15(7-10-21(27)29)22(30)25-26-23(31)20-11-18(28)17-3-1-2-4-19(17)32-20/h1-11,13H,12H2,(H,25,30)(H,26,31). The zero-order chi connectivity index (χ0) is 22.7. The third-order valence-corrected chi connectivity index (χ3v) is 4.91. The van der Waals surface area contributed by atoms with Gasteiger partial charge in [-0.2, -0.15) is 0 Å². The van der Waals surface area contributed by atoms with Gasteiger partial charge in [-0.25, -0.2) is 0 Å². The first-order valence-corrected chi connectivity index (χ1v) is 9.87. The largest absolute Gasteiger partial charge is 0.451 e. The van der Waals surface area contributed by atoms with Crippen LogP contribution in [-0.4, -0.2) is 16.4 Å². The van der Waals surface area contributed by atoms with Gasteiger partial charge in [-0.15, -0.1) is 0 Å². The van der Waals surface area contributed by atoms with Crippen LogP contribution in [0.1, 0.15) is 26.5 Å². The molecule has 2 N–H and O–H groups in total. The summed E-state index contributed by atoms with van der Waals surface area (Å²) in [5, 5.41) is 0.920. The van der Waals surface area contributed by atoms with Crippen LogP contribution in [0.15, 0.2) is 86.9 Å².